The molecule has 0 unspecified atom stereocenters. The van der Waals surface area contributed by atoms with Gasteiger partial charge in [-0.15, -0.1) is 0 Å². The molecule has 0 radical (unpaired) electrons. The van der Waals surface area contributed by atoms with Gasteiger partial charge in [0.05, 0.1) is 14.2 Å². The number of rotatable bonds is 13. The smallest absolute Gasteiger partial charge is 0.410 e. The Morgan fingerprint density at radius 2 is 1.33 bits per heavy atom. The number of nitrogens with zero attached hydrogens (tertiary/aromatic N) is 2. The van der Waals surface area contributed by atoms with Gasteiger partial charge in [0.2, 0.25) is 0 Å². The summed E-state index contributed by atoms with van der Waals surface area (Å²) in [6, 6.07) is 20.8. The van der Waals surface area contributed by atoms with Gasteiger partial charge in [0, 0.05) is 31.2 Å². The average molecular weight is 551 g/mol. The van der Waals surface area contributed by atoms with Gasteiger partial charge in [-0.25, -0.2) is 4.79 Å². The van der Waals surface area contributed by atoms with Crippen LogP contribution in [-0.4, -0.2) is 53.3 Å². The lowest BCUT2D eigenvalue weighted by Gasteiger charge is -2.39. The molecule has 6 heteroatoms. The standard InChI is InChI=1S/C33H50N2O3Si/c1-25(2)22-30(34(23-28-16-12-10-13-17-28)24-29-18-14-11-15-19-29)32(36)31(39(7,8)9)20-21-38-33(37)35(26(3)4)27(5)6/h10-19,21,25-27,30,32,36H,22-24H2,1-9H3/t20?,30-,32-/m0/s1. The molecule has 214 valence electrons. The molecule has 1 amide bonds. The highest BCUT2D eigenvalue weighted by molar-refractivity contribution is 6.83. The van der Waals surface area contributed by atoms with Crippen LogP contribution in [0.2, 0.25) is 19.6 Å². The fraction of sp³-hybridized carbons (Fsp3) is 0.515. The molecule has 0 aliphatic heterocycles. The summed E-state index contributed by atoms with van der Waals surface area (Å²) < 4.78 is 5.54. The van der Waals surface area contributed by atoms with Crippen LogP contribution in [0.1, 0.15) is 59.1 Å². The third-order valence-corrected chi connectivity index (χ3v) is 8.86. The second kappa shape index (κ2) is 15.2. The number of ether oxygens (including phenoxy) is 1. The first kappa shape index (κ1) is 32.6. The number of hydrogen-bond acceptors (Lipinski definition) is 4. The van der Waals surface area contributed by atoms with E-state index in [-0.39, 0.29) is 18.1 Å². The van der Waals surface area contributed by atoms with Crippen LogP contribution in [0.3, 0.4) is 0 Å². The van der Waals surface area contributed by atoms with Crippen LogP contribution in [0, 0.1) is 5.92 Å². The van der Waals surface area contributed by atoms with E-state index in [9.17, 15) is 9.90 Å². The minimum atomic E-state index is -2.04. The molecule has 0 aliphatic rings. The van der Waals surface area contributed by atoms with Crippen LogP contribution < -0.4 is 0 Å². The Kier molecular flexibility index (Phi) is 12.7. The topological polar surface area (TPSA) is 53.0 Å². The third-order valence-electron chi connectivity index (χ3n) is 6.80. The molecule has 39 heavy (non-hydrogen) atoms. The van der Waals surface area contributed by atoms with Crippen molar-refractivity contribution in [1.82, 2.24) is 9.80 Å². The summed E-state index contributed by atoms with van der Waals surface area (Å²) in [5, 5.41) is 12.9. The maximum Gasteiger partial charge on any atom is 0.415 e. The molecule has 2 rings (SSSR count). The summed E-state index contributed by atoms with van der Waals surface area (Å²) in [6.45, 7) is 20.3. The highest BCUT2D eigenvalue weighted by Crippen LogP contribution is 2.28. The monoisotopic (exact) mass is 550 g/mol. The number of hydrogen-bond donors (Lipinski definition) is 1. The van der Waals surface area contributed by atoms with Crippen LogP contribution in [-0.2, 0) is 17.8 Å². The Bertz CT molecular complexity index is 1020. The van der Waals surface area contributed by atoms with Crippen molar-refractivity contribution in [3.63, 3.8) is 0 Å². The molecule has 2 aromatic carbocycles. The van der Waals surface area contributed by atoms with Crippen LogP contribution in [0.5, 0.6) is 0 Å². The minimum Gasteiger partial charge on any atom is -0.410 e. The summed E-state index contributed by atoms with van der Waals surface area (Å²) in [4.78, 5) is 16.9. The first-order valence-corrected chi connectivity index (χ1v) is 17.8. The van der Waals surface area contributed by atoms with Gasteiger partial charge in [-0.2, -0.15) is 0 Å². The van der Waals surface area contributed by atoms with Crippen molar-refractivity contribution in [2.24, 2.45) is 5.92 Å². The van der Waals surface area contributed by atoms with E-state index >= 15 is 0 Å². The maximum atomic E-state index is 12.8. The van der Waals surface area contributed by atoms with Crippen molar-refractivity contribution in [3.8, 4) is 0 Å². The lowest BCUT2D eigenvalue weighted by Crippen LogP contribution is -2.48. The highest BCUT2D eigenvalue weighted by Gasteiger charge is 2.35. The van der Waals surface area contributed by atoms with Gasteiger partial charge >= 0.3 is 6.09 Å². The minimum absolute atomic E-state index is 0.0249. The zero-order chi connectivity index (χ0) is 29.2. The number of amides is 1. The molecule has 2 aromatic rings. The van der Waals surface area contributed by atoms with Gasteiger partial charge in [0.25, 0.3) is 0 Å². The molecule has 0 spiro atoms. The van der Waals surface area contributed by atoms with E-state index in [0.717, 1.165) is 24.7 Å². The Labute approximate surface area is 238 Å². The van der Waals surface area contributed by atoms with E-state index < -0.39 is 20.3 Å². The van der Waals surface area contributed by atoms with Crippen LogP contribution >= 0.6 is 0 Å². The predicted octanol–water partition coefficient (Wildman–Crippen LogP) is 7.64. The van der Waals surface area contributed by atoms with E-state index in [2.05, 4.69) is 92.7 Å². The molecular formula is C33H50N2O3Si. The lowest BCUT2D eigenvalue weighted by molar-refractivity contribution is 0.0511. The van der Waals surface area contributed by atoms with Crippen molar-refractivity contribution in [3.05, 3.63) is 89.0 Å². The Hall–Kier alpha value is -2.63. The van der Waals surface area contributed by atoms with E-state index in [0.29, 0.717) is 5.92 Å². The van der Waals surface area contributed by atoms with Gasteiger partial charge in [-0.05, 0) is 56.4 Å². The summed E-state index contributed by atoms with van der Waals surface area (Å²) in [7, 11) is -2.04. The van der Waals surface area contributed by atoms with E-state index in [1.54, 1.807) is 4.90 Å². The van der Waals surface area contributed by atoms with Crippen molar-refractivity contribution in [1.29, 1.82) is 0 Å². The maximum absolute atomic E-state index is 12.8. The van der Waals surface area contributed by atoms with Gasteiger partial charge in [0.15, 0.2) is 0 Å². The summed E-state index contributed by atoms with van der Waals surface area (Å²) >= 11 is 0. The molecule has 1 N–H and O–H groups in total. The molecule has 0 fully saturated rings. The van der Waals surface area contributed by atoms with E-state index in [4.69, 9.17) is 4.74 Å². The molecular weight excluding hydrogens is 500 g/mol. The zero-order valence-electron chi connectivity index (χ0n) is 25.5. The first-order chi connectivity index (χ1) is 18.3. The number of aliphatic hydroxyl groups excluding tert-OH is 1. The van der Waals surface area contributed by atoms with E-state index in [1.807, 2.05) is 39.8 Å². The Morgan fingerprint density at radius 3 is 1.72 bits per heavy atom. The molecule has 0 aliphatic carbocycles. The van der Waals surface area contributed by atoms with Crippen molar-refractivity contribution in [2.45, 2.75) is 105 Å². The van der Waals surface area contributed by atoms with Crippen LogP contribution in [0.4, 0.5) is 4.79 Å². The molecule has 0 bridgehead atoms. The molecule has 0 aromatic heterocycles. The molecule has 0 saturated carbocycles. The van der Waals surface area contributed by atoms with Gasteiger partial charge in [-0.3, -0.25) is 4.90 Å². The number of carbonyl (C=O) groups is 1. The van der Waals surface area contributed by atoms with Gasteiger partial charge in [0.1, 0.15) is 6.26 Å². The number of aliphatic hydroxyl groups is 1. The van der Waals surface area contributed by atoms with Gasteiger partial charge in [-0.1, -0.05) is 99.9 Å². The largest absolute Gasteiger partial charge is 0.415 e. The molecule has 0 heterocycles. The molecule has 2 atom stereocenters. The molecule has 5 nitrogen and oxygen atoms in total. The third kappa shape index (κ3) is 10.5. The SMILES string of the molecule is CC(C)C[C@@H]([C@H](O)C(=C=COC(=O)N(C(C)C)C(C)C)[Si](C)(C)C)N(Cc1ccccc1)Cc1ccccc1. The summed E-state index contributed by atoms with van der Waals surface area (Å²) in [6.07, 6.45) is 1.05. The summed E-state index contributed by atoms with van der Waals surface area (Å²) in [5.41, 5.74) is 5.68. The zero-order valence-corrected chi connectivity index (χ0v) is 26.5. The quantitative estimate of drug-likeness (QED) is 0.158. The van der Waals surface area contributed by atoms with Crippen LogP contribution in [0.25, 0.3) is 0 Å². The second-order valence-corrected chi connectivity index (χ2v) is 17.5. The van der Waals surface area contributed by atoms with Crippen molar-refractivity contribution in [2.75, 3.05) is 0 Å². The number of carbonyl (C=O) groups excluding carboxylic acids is 1. The normalized spacial score (nSPS) is 13.4. The number of benzene rings is 2. The van der Waals surface area contributed by atoms with Crippen LogP contribution in [0.15, 0.2) is 77.9 Å². The molecule has 0 saturated heterocycles. The first-order valence-electron chi connectivity index (χ1n) is 14.3. The van der Waals surface area contributed by atoms with Crippen molar-refractivity contribution < 1.29 is 14.6 Å². The predicted molar refractivity (Wildman–Crippen MR) is 165 cm³/mol. The van der Waals surface area contributed by atoms with Crippen molar-refractivity contribution >= 4 is 14.2 Å². The fourth-order valence-electron chi connectivity index (χ4n) is 5.05. The van der Waals surface area contributed by atoms with E-state index in [1.165, 1.54) is 17.4 Å². The Morgan fingerprint density at radius 1 is 0.872 bits per heavy atom. The lowest BCUT2D eigenvalue weighted by atomic mass is 9.96. The fourth-order valence-corrected chi connectivity index (χ4v) is 6.62. The summed E-state index contributed by atoms with van der Waals surface area (Å²) in [5.74, 6) is 0.383. The average Bonchev–Trinajstić information content (AvgIpc) is 2.84. The Balaban J connectivity index is 2.49. The van der Waals surface area contributed by atoms with Gasteiger partial charge < -0.3 is 14.7 Å². The second-order valence-electron chi connectivity index (χ2n) is 12.4. The highest BCUT2D eigenvalue weighted by atomic mass is 28.3.